The number of hydrogen-bond donors (Lipinski definition) is 3. The average molecular weight is 264 g/mol. The largest absolute Gasteiger partial charge is 0.396 e. The van der Waals surface area contributed by atoms with Crippen molar-refractivity contribution in [2.45, 2.75) is 38.0 Å². The smallest absolute Gasteiger partial charge is 0.290 e. The van der Waals surface area contributed by atoms with Gasteiger partial charge in [-0.3, -0.25) is 9.89 Å². The molecule has 2 unspecified atom stereocenters. The molecular weight excluding hydrogens is 244 g/mol. The van der Waals surface area contributed by atoms with Gasteiger partial charge in [0.05, 0.1) is 0 Å². The van der Waals surface area contributed by atoms with Crippen molar-refractivity contribution in [1.82, 2.24) is 20.5 Å². The van der Waals surface area contributed by atoms with Crippen molar-refractivity contribution >= 4 is 5.91 Å². The summed E-state index contributed by atoms with van der Waals surface area (Å²) in [4.78, 5) is 16.2. The summed E-state index contributed by atoms with van der Waals surface area (Å²) in [6.45, 7) is 0.824. The molecule has 1 aromatic rings. The maximum atomic E-state index is 11.9. The number of carbonyl (C=O) groups excluding carboxylic acids is 1. The number of amides is 1. The molecule has 0 saturated heterocycles. The molecule has 2 atom stereocenters. The van der Waals surface area contributed by atoms with E-state index in [-0.39, 0.29) is 18.3 Å². The molecular formula is C13H20N4O2. The zero-order valence-electron chi connectivity index (χ0n) is 10.9. The minimum Gasteiger partial charge on any atom is -0.396 e. The van der Waals surface area contributed by atoms with E-state index in [9.17, 15) is 9.90 Å². The van der Waals surface area contributed by atoms with Gasteiger partial charge in [0.1, 0.15) is 5.82 Å². The van der Waals surface area contributed by atoms with Crippen LogP contribution in [-0.2, 0) is 0 Å². The van der Waals surface area contributed by atoms with Gasteiger partial charge in [0, 0.05) is 19.1 Å². The van der Waals surface area contributed by atoms with Crippen molar-refractivity contribution in [2.75, 3.05) is 13.2 Å². The number of aromatic nitrogens is 3. The van der Waals surface area contributed by atoms with Gasteiger partial charge in [0.2, 0.25) is 5.82 Å². The lowest BCUT2D eigenvalue weighted by atomic mass is 9.97. The first kappa shape index (κ1) is 12.6. The summed E-state index contributed by atoms with van der Waals surface area (Å²) < 4.78 is 0. The highest BCUT2D eigenvalue weighted by Gasteiger charge is 2.29. The van der Waals surface area contributed by atoms with Gasteiger partial charge in [0.15, 0.2) is 0 Å². The molecule has 0 aromatic carbocycles. The number of aliphatic hydroxyl groups is 1. The molecule has 6 nitrogen and oxygen atoms in total. The number of H-pyrrole nitrogens is 1. The Morgan fingerprint density at radius 1 is 1.32 bits per heavy atom. The van der Waals surface area contributed by atoms with E-state index in [4.69, 9.17) is 0 Å². The van der Waals surface area contributed by atoms with Crippen LogP contribution in [0.5, 0.6) is 0 Å². The molecule has 19 heavy (non-hydrogen) atoms. The molecule has 104 valence electrons. The molecule has 2 aliphatic carbocycles. The Hall–Kier alpha value is -1.43. The van der Waals surface area contributed by atoms with Gasteiger partial charge >= 0.3 is 0 Å². The number of carbonyl (C=O) groups is 1. The third-order valence-electron chi connectivity index (χ3n) is 4.25. The lowest BCUT2D eigenvalue weighted by Crippen LogP contribution is -2.32. The summed E-state index contributed by atoms with van der Waals surface area (Å²) in [5.74, 6) is 2.04. The highest BCUT2D eigenvalue weighted by Crippen LogP contribution is 2.37. The van der Waals surface area contributed by atoms with Gasteiger partial charge in [0.25, 0.3) is 5.91 Å². The zero-order chi connectivity index (χ0) is 13.2. The third-order valence-corrected chi connectivity index (χ3v) is 4.25. The van der Waals surface area contributed by atoms with Crippen molar-refractivity contribution in [3.05, 3.63) is 11.6 Å². The Morgan fingerprint density at radius 2 is 2.11 bits per heavy atom. The quantitative estimate of drug-likeness (QED) is 0.734. The van der Waals surface area contributed by atoms with Gasteiger partial charge in [-0.05, 0) is 37.5 Å². The summed E-state index contributed by atoms with van der Waals surface area (Å²) in [6.07, 6.45) is 5.54. The lowest BCUT2D eigenvalue weighted by Gasteiger charge is -2.17. The molecule has 0 bridgehead atoms. The molecule has 1 amide bonds. The first-order chi connectivity index (χ1) is 9.28. The summed E-state index contributed by atoms with van der Waals surface area (Å²) in [7, 11) is 0. The first-order valence-electron chi connectivity index (χ1n) is 7.09. The van der Waals surface area contributed by atoms with Crippen LogP contribution in [0.15, 0.2) is 0 Å². The van der Waals surface area contributed by atoms with Gasteiger partial charge in [-0.15, -0.1) is 5.10 Å². The van der Waals surface area contributed by atoms with Crippen LogP contribution in [-0.4, -0.2) is 39.3 Å². The fourth-order valence-corrected chi connectivity index (χ4v) is 2.84. The van der Waals surface area contributed by atoms with Gasteiger partial charge in [-0.1, -0.05) is 6.42 Å². The molecule has 3 N–H and O–H groups in total. The molecule has 0 radical (unpaired) electrons. The maximum absolute atomic E-state index is 11.9. The Labute approximate surface area is 112 Å². The van der Waals surface area contributed by atoms with Crippen LogP contribution in [0.3, 0.4) is 0 Å². The minimum atomic E-state index is -0.216. The average Bonchev–Trinajstić information content (AvgIpc) is 3.00. The van der Waals surface area contributed by atoms with Crippen LogP contribution in [0.2, 0.25) is 0 Å². The second-order valence-electron chi connectivity index (χ2n) is 5.66. The van der Waals surface area contributed by atoms with Gasteiger partial charge in [-0.2, -0.15) is 0 Å². The lowest BCUT2D eigenvalue weighted by molar-refractivity contribution is 0.0927. The molecule has 2 aliphatic rings. The van der Waals surface area contributed by atoms with E-state index in [1.165, 1.54) is 0 Å². The Balaban J connectivity index is 1.52. The van der Waals surface area contributed by atoms with Crippen molar-refractivity contribution in [3.63, 3.8) is 0 Å². The molecule has 1 aromatic heterocycles. The Kier molecular flexibility index (Phi) is 3.50. The minimum absolute atomic E-state index is 0.215. The van der Waals surface area contributed by atoms with E-state index < -0.39 is 0 Å². The van der Waals surface area contributed by atoms with E-state index in [0.29, 0.717) is 24.3 Å². The molecule has 1 heterocycles. The summed E-state index contributed by atoms with van der Waals surface area (Å²) >= 11 is 0. The van der Waals surface area contributed by atoms with E-state index in [1.54, 1.807) is 0 Å². The van der Waals surface area contributed by atoms with Crippen LogP contribution in [0.4, 0.5) is 0 Å². The highest BCUT2D eigenvalue weighted by molar-refractivity contribution is 5.90. The number of aromatic amines is 1. The number of aliphatic hydroxyl groups excluding tert-OH is 1. The highest BCUT2D eigenvalue weighted by atomic mass is 16.3. The first-order valence-corrected chi connectivity index (χ1v) is 7.09. The topological polar surface area (TPSA) is 90.9 Å². The van der Waals surface area contributed by atoms with Gasteiger partial charge < -0.3 is 10.4 Å². The molecule has 6 heteroatoms. The second kappa shape index (κ2) is 5.28. The molecule has 2 fully saturated rings. The maximum Gasteiger partial charge on any atom is 0.290 e. The monoisotopic (exact) mass is 264 g/mol. The second-order valence-corrected chi connectivity index (χ2v) is 5.66. The number of hydrogen-bond acceptors (Lipinski definition) is 4. The van der Waals surface area contributed by atoms with Gasteiger partial charge in [-0.25, -0.2) is 4.98 Å². The number of rotatable bonds is 5. The van der Waals surface area contributed by atoms with Crippen LogP contribution in [0, 0.1) is 11.8 Å². The van der Waals surface area contributed by atoms with E-state index in [1.807, 2.05) is 0 Å². The molecule has 0 aliphatic heterocycles. The van der Waals surface area contributed by atoms with E-state index in [0.717, 1.165) is 37.9 Å². The fraction of sp³-hybridized carbons (Fsp3) is 0.769. The van der Waals surface area contributed by atoms with Crippen molar-refractivity contribution < 1.29 is 9.90 Å². The summed E-state index contributed by atoms with van der Waals surface area (Å²) in [5.41, 5.74) is 0. The normalized spacial score (nSPS) is 26.6. The molecule has 2 saturated carbocycles. The molecule has 3 rings (SSSR count). The summed E-state index contributed by atoms with van der Waals surface area (Å²) in [5, 5.41) is 18.9. The van der Waals surface area contributed by atoms with Crippen molar-refractivity contribution in [2.24, 2.45) is 11.8 Å². The van der Waals surface area contributed by atoms with Crippen molar-refractivity contribution in [1.29, 1.82) is 0 Å². The number of nitrogens with one attached hydrogen (secondary N) is 2. The Morgan fingerprint density at radius 3 is 2.84 bits per heavy atom. The van der Waals surface area contributed by atoms with E-state index >= 15 is 0 Å². The van der Waals surface area contributed by atoms with Crippen LogP contribution >= 0.6 is 0 Å². The SMILES string of the molecule is O=C(NCC1CCCC1CO)c1n[nH]c(C2CC2)n1. The van der Waals surface area contributed by atoms with Crippen molar-refractivity contribution in [3.8, 4) is 0 Å². The number of nitrogens with zero attached hydrogens (tertiary/aromatic N) is 2. The van der Waals surface area contributed by atoms with Crippen LogP contribution < -0.4 is 5.32 Å². The van der Waals surface area contributed by atoms with Crippen LogP contribution in [0.1, 0.15) is 54.5 Å². The van der Waals surface area contributed by atoms with E-state index in [2.05, 4.69) is 20.5 Å². The summed E-state index contributed by atoms with van der Waals surface area (Å²) in [6, 6.07) is 0. The predicted octanol–water partition coefficient (Wildman–Crippen LogP) is 0.820. The Bertz CT molecular complexity index is 455. The molecule has 0 spiro atoms. The third kappa shape index (κ3) is 2.78. The van der Waals surface area contributed by atoms with Crippen LogP contribution in [0.25, 0.3) is 0 Å². The standard InChI is InChI=1S/C13H20N4O2/c18-7-10-3-1-2-9(10)6-14-13(19)12-15-11(16-17-12)8-4-5-8/h8-10,18H,1-7H2,(H,14,19)(H,15,16,17). The predicted molar refractivity (Wildman–Crippen MR) is 68.6 cm³/mol. The zero-order valence-corrected chi connectivity index (χ0v) is 10.9. The fourth-order valence-electron chi connectivity index (χ4n) is 2.84.